The number of rotatable bonds is 11. The average molecular weight is 763 g/mol. The number of tetrazole rings is 2. The number of nitrogens with zero attached hydrogens (tertiary/aromatic N) is 8. The number of ether oxygens (including phenoxy) is 3. The van der Waals surface area contributed by atoms with Crippen LogP contribution in [0.1, 0.15) is 0 Å². The molecule has 11 nitrogen and oxygen atoms in total. The molecule has 0 fully saturated rings. The van der Waals surface area contributed by atoms with Gasteiger partial charge in [0.15, 0.2) is 11.5 Å². The topological polar surface area (TPSA) is 96.9 Å². The van der Waals surface area contributed by atoms with Crippen LogP contribution >= 0.6 is 0 Å². The van der Waals surface area contributed by atoms with Crippen molar-refractivity contribution in [2.75, 3.05) is 21.3 Å². The molecule has 0 radical (unpaired) electrons. The van der Waals surface area contributed by atoms with E-state index in [1.807, 2.05) is 164 Å². The Kier molecular flexibility index (Phi) is 9.66. The van der Waals surface area contributed by atoms with Gasteiger partial charge >= 0.3 is 11.6 Å². The molecule has 58 heavy (non-hydrogen) atoms. The van der Waals surface area contributed by atoms with Gasteiger partial charge in [-0.05, 0) is 139 Å². The molecule has 7 aromatic carbocycles. The smallest absolute Gasteiger partial charge is 0.340 e. The van der Waals surface area contributed by atoms with E-state index in [0.717, 1.165) is 56.2 Å². The van der Waals surface area contributed by atoms with Crippen molar-refractivity contribution >= 4 is 0 Å². The molecule has 0 unspecified atom stereocenters. The fourth-order valence-corrected chi connectivity index (χ4v) is 6.80. The van der Waals surface area contributed by atoms with Crippen LogP contribution in [0.2, 0.25) is 0 Å². The quantitative estimate of drug-likeness (QED) is 0.123. The van der Waals surface area contributed by atoms with E-state index in [1.54, 1.807) is 40.5 Å². The summed E-state index contributed by atoms with van der Waals surface area (Å²) in [4.78, 5) is 7.10. The first-order chi connectivity index (χ1) is 28.6. The summed E-state index contributed by atoms with van der Waals surface area (Å²) in [5.74, 6) is 3.20. The van der Waals surface area contributed by atoms with E-state index in [4.69, 9.17) is 34.6 Å². The van der Waals surface area contributed by atoms with Crippen LogP contribution in [0.5, 0.6) is 17.2 Å². The van der Waals surface area contributed by atoms with Crippen molar-refractivity contribution in [1.29, 1.82) is 0 Å². The lowest BCUT2D eigenvalue weighted by molar-refractivity contribution is -0.734. The summed E-state index contributed by atoms with van der Waals surface area (Å²) in [7, 11) is 4.98. The first kappa shape index (κ1) is 35.8. The predicted molar refractivity (Wildman–Crippen MR) is 221 cm³/mol. The Morgan fingerprint density at radius 3 is 1.19 bits per heavy atom. The van der Waals surface area contributed by atoms with E-state index < -0.39 is 0 Å². The molecular formula is C47H38N8O3+2. The van der Waals surface area contributed by atoms with Crippen molar-refractivity contribution in [3.05, 3.63) is 176 Å². The summed E-state index contributed by atoms with van der Waals surface area (Å²) in [6, 6.07) is 58.0. The largest absolute Gasteiger partial charge is 0.497 e. The fourth-order valence-electron chi connectivity index (χ4n) is 6.80. The van der Waals surface area contributed by atoms with E-state index in [0.29, 0.717) is 28.8 Å². The van der Waals surface area contributed by atoms with Gasteiger partial charge in [-0.15, -0.1) is 0 Å². The predicted octanol–water partition coefficient (Wildman–Crippen LogP) is 8.10. The number of para-hydroxylation sites is 2. The fraction of sp³-hybridized carbons (Fsp3) is 0.0638. The lowest BCUT2D eigenvalue weighted by Gasteiger charge is -2.11. The lowest BCUT2D eigenvalue weighted by atomic mass is 10.0. The maximum absolute atomic E-state index is 6.04. The van der Waals surface area contributed by atoms with Crippen LogP contribution in [0.3, 0.4) is 0 Å². The van der Waals surface area contributed by atoms with Crippen molar-refractivity contribution in [3.63, 3.8) is 0 Å². The van der Waals surface area contributed by atoms with Crippen LogP contribution in [-0.2, 0) is 0 Å². The Labute approximate surface area is 335 Å². The Morgan fingerprint density at radius 1 is 0.379 bits per heavy atom. The maximum atomic E-state index is 6.04. The van der Waals surface area contributed by atoms with E-state index in [9.17, 15) is 0 Å². The molecule has 11 heteroatoms. The van der Waals surface area contributed by atoms with E-state index in [2.05, 4.69) is 12.1 Å². The van der Waals surface area contributed by atoms with Crippen LogP contribution in [0, 0.1) is 0 Å². The highest BCUT2D eigenvalue weighted by Gasteiger charge is 2.28. The van der Waals surface area contributed by atoms with Gasteiger partial charge < -0.3 is 14.2 Å². The molecule has 0 aliphatic rings. The van der Waals surface area contributed by atoms with Crippen molar-refractivity contribution in [3.8, 4) is 85.0 Å². The second kappa shape index (κ2) is 15.7. The van der Waals surface area contributed by atoms with E-state index >= 15 is 0 Å². The molecular weight excluding hydrogens is 725 g/mol. The van der Waals surface area contributed by atoms with Crippen molar-refractivity contribution < 1.29 is 23.8 Å². The second-order valence-electron chi connectivity index (χ2n) is 13.3. The molecule has 0 spiro atoms. The highest BCUT2D eigenvalue weighted by molar-refractivity contribution is 5.71. The summed E-state index contributed by atoms with van der Waals surface area (Å²) in [6.45, 7) is 0. The van der Waals surface area contributed by atoms with Gasteiger partial charge in [0, 0.05) is 9.59 Å². The molecule has 0 aliphatic carbocycles. The zero-order chi connectivity index (χ0) is 39.4. The van der Waals surface area contributed by atoms with Crippen LogP contribution in [0.15, 0.2) is 176 Å². The molecule has 282 valence electrons. The van der Waals surface area contributed by atoms with Crippen molar-refractivity contribution in [1.82, 2.24) is 30.0 Å². The highest BCUT2D eigenvalue weighted by atomic mass is 16.5. The normalized spacial score (nSPS) is 11.0. The number of aromatic nitrogens is 8. The number of hydrogen-bond acceptors (Lipinski definition) is 7. The number of hydrogen-bond donors (Lipinski definition) is 0. The third kappa shape index (κ3) is 6.92. The van der Waals surface area contributed by atoms with E-state index in [-0.39, 0.29) is 0 Å². The zero-order valence-corrected chi connectivity index (χ0v) is 32.0. The van der Waals surface area contributed by atoms with Crippen LogP contribution in [-0.4, -0.2) is 51.3 Å². The molecule has 0 saturated carbocycles. The summed E-state index contributed by atoms with van der Waals surface area (Å²) in [6.07, 6.45) is 0. The lowest BCUT2D eigenvalue weighted by Crippen LogP contribution is -2.43. The standard InChI is InChI=1S/C47H38N8O3/c1-56-41-27-23-34(24-28-41)33-19-21-36(22-20-33)47-49-53(40-17-11-6-12-18-40)55(51-47)43-30-26-38(32-45(43)58-3)37-25-29-42(44(31-37)57-2)54-50-46(35-13-7-4-8-14-35)48-52(54)39-15-9-5-10-16-39/h4-32H,1-3H3/q+2. The molecule has 9 aromatic rings. The summed E-state index contributed by atoms with van der Waals surface area (Å²) >= 11 is 0. The Hall–Kier alpha value is -7.92. The summed E-state index contributed by atoms with van der Waals surface area (Å²) in [5, 5.41) is 19.8. The van der Waals surface area contributed by atoms with Crippen LogP contribution in [0.25, 0.3) is 67.8 Å². The first-order valence-corrected chi connectivity index (χ1v) is 18.7. The van der Waals surface area contributed by atoms with E-state index in [1.165, 1.54) is 0 Å². The van der Waals surface area contributed by atoms with Gasteiger partial charge in [-0.25, -0.2) is 0 Å². The summed E-state index contributed by atoms with van der Waals surface area (Å²) < 4.78 is 17.4. The number of methoxy groups -OCH3 is 3. The van der Waals surface area contributed by atoms with Crippen molar-refractivity contribution in [2.45, 2.75) is 0 Å². The highest BCUT2D eigenvalue weighted by Crippen LogP contribution is 2.32. The van der Waals surface area contributed by atoms with Gasteiger partial charge in [-0.1, -0.05) is 78.9 Å². The second-order valence-corrected chi connectivity index (χ2v) is 13.3. The third-order valence-electron chi connectivity index (χ3n) is 9.81. The van der Waals surface area contributed by atoms with Gasteiger partial charge in [0.1, 0.15) is 17.1 Å². The molecule has 0 amide bonds. The third-order valence-corrected chi connectivity index (χ3v) is 9.81. The molecule has 0 N–H and O–H groups in total. The first-order valence-electron chi connectivity index (χ1n) is 18.7. The Balaban J connectivity index is 1.08. The molecule has 2 aromatic heterocycles. The van der Waals surface area contributed by atoms with Gasteiger partial charge in [0.05, 0.1) is 42.7 Å². The monoisotopic (exact) mass is 762 g/mol. The van der Waals surface area contributed by atoms with Crippen LogP contribution < -0.4 is 23.8 Å². The Bertz CT molecular complexity index is 2820. The molecule has 0 bridgehead atoms. The summed E-state index contributed by atoms with van der Waals surface area (Å²) in [5.41, 5.74) is 8.95. The van der Waals surface area contributed by atoms with Gasteiger partial charge in [0.2, 0.25) is 11.4 Å². The average Bonchev–Trinajstić information content (AvgIpc) is 3.96. The molecule has 0 atom stereocenters. The van der Waals surface area contributed by atoms with Crippen molar-refractivity contribution in [2.24, 2.45) is 0 Å². The Morgan fingerprint density at radius 2 is 0.759 bits per heavy atom. The zero-order valence-electron chi connectivity index (χ0n) is 32.0. The minimum atomic E-state index is 0.563. The molecule has 0 saturated heterocycles. The number of benzene rings is 7. The maximum Gasteiger partial charge on any atom is 0.340 e. The molecule has 2 heterocycles. The molecule has 0 aliphatic heterocycles. The van der Waals surface area contributed by atoms with Gasteiger partial charge in [0.25, 0.3) is 0 Å². The minimum absolute atomic E-state index is 0.563. The van der Waals surface area contributed by atoms with Crippen LogP contribution in [0.4, 0.5) is 0 Å². The van der Waals surface area contributed by atoms with Gasteiger partial charge in [-0.2, -0.15) is 0 Å². The SMILES string of the molecule is COc1ccc(-c2ccc(-c3nn(-c4ccccc4)[n+](-c4ccc(-c5ccc(-[n+]6nc(-c7ccccc7)nn6-c6ccccc6)c(OC)c5)cc4OC)n3)cc2)cc1. The van der Waals surface area contributed by atoms with Gasteiger partial charge in [-0.3, -0.25) is 0 Å². The minimum Gasteiger partial charge on any atom is -0.497 e. The molecule has 9 rings (SSSR count).